The second-order valence-corrected chi connectivity index (χ2v) is 6.06. The van der Waals surface area contributed by atoms with Crippen LogP contribution in [0, 0.1) is 0 Å². The van der Waals surface area contributed by atoms with Gasteiger partial charge < -0.3 is 14.6 Å². The molecule has 1 aromatic heterocycles. The standard InChI is InChI=1S/C15H16ClN3O2/c16-9-2-1-3-10(6-9)17-8-14-18-15(19-21-14)12-7-11-4-5-13(12)20-11/h1-3,6,11-13,17H,4-5,7-8H2. The van der Waals surface area contributed by atoms with Gasteiger partial charge in [-0.25, -0.2) is 0 Å². The summed E-state index contributed by atoms with van der Waals surface area (Å²) < 4.78 is 11.2. The molecule has 2 aromatic rings. The maximum absolute atomic E-state index is 5.95. The zero-order chi connectivity index (χ0) is 14.2. The van der Waals surface area contributed by atoms with Crippen LogP contribution in [0.3, 0.4) is 0 Å². The highest BCUT2D eigenvalue weighted by molar-refractivity contribution is 6.30. The van der Waals surface area contributed by atoms with Crippen LogP contribution in [0.15, 0.2) is 28.8 Å². The van der Waals surface area contributed by atoms with Crippen LogP contribution in [0.25, 0.3) is 0 Å². The normalized spacial score (nSPS) is 27.2. The number of fused-ring (bicyclic) bond motifs is 2. The fourth-order valence-electron chi connectivity index (χ4n) is 3.18. The van der Waals surface area contributed by atoms with Crippen LogP contribution in [-0.2, 0) is 11.3 Å². The van der Waals surface area contributed by atoms with Crippen LogP contribution in [0.5, 0.6) is 0 Å². The average Bonchev–Trinajstić information content (AvgIpc) is 3.21. The van der Waals surface area contributed by atoms with Crippen molar-refractivity contribution in [1.82, 2.24) is 10.1 Å². The first-order valence-electron chi connectivity index (χ1n) is 7.25. The molecule has 4 rings (SSSR count). The number of ether oxygens (including phenoxy) is 1. The number of anilines is 1. The lowest BCUT2D eigenvalue weighted by Crippen LogP contribution is -2.15. The van der Waals surface area contributed by atoms with Crippen LogP contribution >= 0.6 is 11.6 Å². The van der Waals surface area contributed by atoms with Gasteiger partial charge >= 0.3 is 0 Å². The second-order valence-electron chi connectivity index (χ2n) is 5.63. The van der Waals surface area contributed by atoms with E-state index in [-0.39, 0.29) is 6.10 Å². The van der Waals surface area contributed by atoms with E-state index in [4.69, 9.17) is 20.9 Å². The molecule has 0 radical (unpaired) electrons. The number of hydrogen-bond donors (Lipinski definition) is 1. The van der Waals surface area contributed by atoms with Gasteiger partial charge in [-0.1, -0.05) is 22.8 Å². The quantitative estimate of drug-likeness (QED) is 0.938. The molecule has 1 N–H and O–H groups in total. The highest BCUT2D eigenvalue weighted by Gasteiger charge is 2.43. The van der Waals surface area contributed by atoms with Gasteiger partial charge in [-0.15, -0.1) is 0 Å². The molecule has 2 bridgehead atoms. The zero-order valence-electron chi connectivity index (χ0n) is 11.5. The van der Waals surface area contributed by atoms with Crippen LogP contribution < -0.4 is 5.32 Å². The molecule has 3 heterocycles. The van der Waals surface area contributed by atoms with Crippen molar-refractivity contribution in [2.75, 3.05) is 5.32 Å². The summed E-state index contributed by atoms with van der Waals surface area (Å²) in [6.45, 7) is 0.495. The Hall–Kier alpha value is -1.59. The van der Waals surface area contributed by atoms with Gasteiger partial charge in [-0.3, -0.25) is 0 Å². The van der Waals surface area contributed by atoms with Gasteiger partial charge in [0.15, 0.2) is 5.82 Å². The summed E-state index contributed by atoms with van der Waals surface area (Å²) >= 11 is 5.95. The van der Waals surface area contributed by atoms with E-state index in [1.807, 2.05) is 24.3 Å². The van der Waals surface area contributed by atoms with E-state index in [9.17, 15) is 0 Å². The lowest BCUT2D eigenvalue weighted by atomic mass is 9.89. The maximum atomic E-state index is 5.95. The number of aromatic nitrogens is 2. The fraction of sp³-hybridized carbons (Fsp3) is 0.467. The molecule has 21 heavy (non-hydrogen) atoms. The van der Waals surface area contributed by atoms with E-state index >= 15 is 0 Å². The highest BCUT2D eigenvalue weighted by atomic mass is 35.5. The molecule has 1 aromatic carbocycles. The van der Waals surface area contributed by atoms with E-state index in [1.165, 1.54) is 6.42 Å². The Morgan fingerprint density at radius 3 is 3.05 bits per heavy atom. The van der Waals surface area contributed by atoms with Crippen LogP contribution in [0.1, 0.15) is 36.9 Å². The Morgan fingerprint density at radius 1 is 1.33 bits per heavy atom. The smallest absolute Gasteiger partial charge is 0.245 e. The Balaban J connectivity index is 1.41. The van der Waals surface area contributed by atoms with Crippen molar-refractivity contribution in [1.29, 1.82) is 0 Å². The summed E-state index contributed by atoms with van der Waals surface area (Å²) in [6.07, 6.45) is 3.97. The molecule has 2 saturated heterocycles. The Labute approximate surface area is 127 Å². The number of nitrogens with zero attached hydrogens (tertiary/aromatic N) is 2. The zero-order valence-corrected chi connectivity index (χ0v) is 12.2. The van der Waals surface area contributed by atoms with Crippen LogP contribution in [0.4, 0.5) is 5.69 Å². The monoisotopic (exact) mass is 305 g/mol. The van der Waals surface area contributed by atoms with E-state index in [0.717, 1.165) is 24.4 Å². The number of halogens is 1. The third-order valence-electron chi connectivity index (χ3n) is 4.19. The molecule has 0 spiro atoms. The molecule has 2 aliphatic rings. The van der Waals surface area contributed by atoms with Crippen molar-refractivity contribution >= 4 is 17.3 Å². The molecular weight excluding hydrogens is 290 g/mol. The molecule has 3 atom stereocenters. The predicted octanol–water partition coefficient (Wildman–Crippen LogP) is 3.37. The number of hydrogen-bond acceptors (Lipinski definition) is 5. The first kappa shape index (κ1) is 13.1. The minimum atomic E-state index is 0.279. The van der Waals surface area contributed by atoms with Crippen molar-refractivity contribution in [2.45, 2.75) is 43.9 Å². The number of rotatable bonds is 4. The van der Waals surface area contributed by atoms with Crippen molar-refractivity contribution in [3.8, 4) is 0 Å². The predicted molar refractivity (Wildman–Crippen MR) is 78.3 cm³/mol. The molecule has 5 nitrogen and oxygen atoms in total. The lowest BCUT2D eigenvalue weighted by molar-refractivity contribution is 0.0996. The molecule has 2 aliphatic heterocycles. The van der Waals surface area contributed by atoms with E-state index in [1.54, 1.807) is 0 Å². The molecular formula is C15H16ClN3O2. The van der Waals surface area contributed by atoms with Crippen molar-refractivity contribution in [3.63, 3.8) is 0 Å². The van der Waals surface area contributed by atoms with E-state index in [0.29, 0.717) is 29.5 Å². The van der Waals surface area contributed by atoms with Crippen molar-refractivity contribution in [2.24, 2.45) is 0 Å². The highest BCUT2D eigenvalue weighted by Crippen LogP contribution is 2.43. The molecule has 0 aliphatic carbocycles. The molecule has 6 heteroatoms. The SMILES string of the molecule is Clc1cccc(NCc2nc(C3CC4CCC3O4)no2)c1. The van der Waals surface area contributed by atoms with Crippen LogP contribution in [0.2, 0.25) is 5.02 Å². The van der Waals surface area contributed by atoms with Gasteiger partial charge in [0.2, 0.25) is 5.89 Å². The van der Waals surface area contributed by atoms with Gasteiger partial charge in [0.1, 0.15) is 0 Å². The number of nitrogens with one attached hydrogen (secondary N) is 1. The van der Waals surface area contributed by atoms with Gasteiger partial charge in [0.25, 0.3) is 0 Å². The fourth-order valence-corrected chi connectivity index (χ4v) is 3.37. The minimum absolute atomic E-state index is 0.279. The minimum Gasteiger partial charge on any atom is -0.376 e. The van der Waals surface area contributed by atoms with Crippen molar-refractivity contribution < 1.29 is 9.26 Å². The molecule has 0 amide bonds. The second kappa shape index (κ2) is 5.31. The molecule has 0 saturated carbocycles. The van der Waals surface area contributed by atoms with Gasteiger partial charge in [0.05, 0.1) is 24.7 Å². The van der Waals surface area contributed by atoms with E-state index in [2.05, 4.69) is 15.5 Å². The summed E-state index contributed by atoms with van der Waals surface area (Å²) in [5.74, 6) is 1.67. The lowest BCUT2D eigenvalue weighted by Gasteiger charge is -2.13. The Morgan fingerprint density at radius 2 is 2.29 bits per heavy atom. The Bertz CT molecular complexity index is 645. The summed E-state index contributed by atoms with van der Waals surface area (Å²) in [6, 6.07) is 7.55. The molecule has 3 unspecified atom stereocenters. The summed E-state index contributed by atoms with van der Waals surface area (Å²) in [4.78, 5) is 4.50. The topological polar surface area (TPSA) is 60.2 Å². The molecule has 110 valence electrons. The van der Waals surface area contributed by atoms with Crippen molar-refractivity contribution in [3.05, 3.63) is 41.0 Å². The van der Waals surface area contributed by atoms with E-state index < -0.39 is 0 Å². The summed E-state index contributed by atoms with van der Waals surface area (Å²) in [7, 11) is 0. The third-order valence-corrected chi connectivity index (χ3v) is 4.42. The first-order chi connectivity index (χ1) is 10.3. The summed E-state index contributed by atoms with van der Waals surface area (Å²) in [5, 5.41) is 8.04. The van der Waals surface area contributed by atoms with Gasteiger partial charge in [0, 0.05) is 10.7 Å². The van der Waals surface area contributed by atoms with Crippen LogP contribution in [-0.4, -0.2) is 22.3 Å². The van der Waals surface area contributed by atoms with Gasteiger partial charge in [-0.2, -0.15) is 4.98 Å². The van der Waals surface area contributed by atoms with Gasteiger partial charge in [-0.05, 0) is 37.5 Å². The third kappa shape index (κ3) is 2.63. The Kier molecular flexibility index (Phi) is 3.31. The largest absolute Gasteiger partial charge is 0.376 e. The summed E-state index contributed by atoms with van der Waals surface area (Å²) in [5.41, 5.74) is 0.936. The molecule has 2 fully saturated rings. The maximum Gasteiger partial charge on any atom is 0.245 e. The average molecular weight is 306 g/mol. The number of benzene rings is 1. The first-order valence-corrected chi connectivity index (χ1v) is 7.63.